The van der Waals surface area contributed by atoms with Crippen LogP contribution in [0.2, 0.25) is 0 Å². The zero-order valence-corrected chi connectivity index (χ0v) is 17.1. The average molecular weight is 414 g/mol. The lowest BCUT2D eigenvalue weighted by atomic mass is 10.2. The van der Waals surface area contributed by atoms with Crippen molar-refractivity contribution in [2.75, 3.05) is 7.11 Å². The van der Waals surface area contributed by atoms with Crippen LogP contribution in [0.4, 0.5) is 0 Å². The van der Waals surface area contributed by atoms with Crippen molar-refractivity contribution in [2.45, 2.75) is 13.8 Å². The van der Waals surface area contributed by atoms with Gasteiger partial charge in [0.15, 0.2) is 0 Å². The number of methoxy groups -OCH3 is 1. The minimum Gasteiger partial charge on any atom is -0.495 e. The molecule has 0 saturated carbocycles. The predicted octanol–water partition coefficient (Wildman–Crippen LogP) is 2.23. The number of aromatic nitrogens is 6. The average Bonchev–Trinajstić information content (AvgIpc) is 3.11. The van der Waals surface area contributed by atoms with Gasteiger partial charge in [-0.15, -0.1) is 10.2 Å². The van der Waals surface area contributed by atoms with E-state index in [0.717, 1.165) is 0 Å². The molecule has 5 rings (SSSR count). The molecule has 0 unspecified atom stereocenters. The number of aryl methyl sites for hydroxylation is 2. The minimum absolute atomic E-state index is 0.289. The smallest absolute Gasteiger partial charge is 0.279 e. The van der Waals surface area contributed by atoms with Crippen LogP contribution in [-0.2, 0) is 0 Å². The Morgan fingerprint density at radius 3 is 2.19 bits per heavy atom. The zero-order chi connectivity index (χ0) is 21.7. The zero-order valence-electron chi connectivity index (χ0n) is 17.1. The number of fused-ring (bicyclic) bond motifs is 2. The van der Waals surface area contributed by atoms with Crippen molar-refractivity contribution in [2.24, 2.45) is 0 Å². The molecule has 5 aromatic rings. The van der Waals surface area contributed by atoms with Gasteiger partial charge < -0.3 is 4.74 Å². The maximum atomic E-state index is 13.3. The molecule has 0 saturated heterocycles. The molecular weight excluding hydrogens is 396 g/mol. The van der Waals surface area contributed by atoms with Crippen molar-refractivity contribution in [3.05, 3.63) is 87.2 Å². The number of hydrogen-bond acceptors (Lipinski definition) is 6. The lowest BCUT2D eigenvalue weighted by Crippen LogP contribution is -2.28. The van der Waals surface area contributed by atoms with E-state index in [0.29, 0.717) is 44.9 Å². The molecule has 9 nitrogen and oxygen atoms in total. The normalized spacial score (nSPS) is 11.3. The van der Waals surface area contributed by atoms with Gasteiger partial charge in [-0.1, -0.05) is 12.1 Å². The first-order chi connectivity index (χ1) is 15.0. The molecule has 154 valence electrons. The number of para-hydroxylation sites is 2. The number of ether oxygens (including phenoxy) is 1. The third-order valence-corrected chi connectivity index (χ3v) is 5.24. The Bertz CT molecular complexity index is 1580. The lowest BCUT2D eigenvalue weighted by molar-refractivity contribution is 0.412. The molecule has 4 heterocycles. The maximum absolute atomic E-state index is 13.3. The Hall–Kier alpha value is -4.27. The van der Waals surface area contributed by atoms with E-state index in [1.165, 1.54) is 9.24 Å². The Kier molecular flexibility index (Phi) is 4.18. The van der Waals surface area contributed by atoms with Crippen LogP contribution in [0, 0.1) is 13.8 Å². The summed E-state index contributed by atoms with van der Waals surface area (Å²) in [5, 5.41) is 8.69. The van der Waals surface area contributed by atoms with Crippen molar-refractivity contribution in [3.8, 4) is 11.4 Å². The fraction of sp³-hybridized carbons (Fsp3) is 0.136. The molecule has 31 heavy (non-hydrogen) atoms. The Morgan fingerprint density at radius 1 is 0.839 bits per heavy atom. The molecule has 0 fully saturated rings. The number of nitrogens with zero attached hydrogens (tertiary/aromatic N) is 6. The molecule has 4 aromatic heterocycles. The minimum atomic E-state index is -0.315. The van der Waals surface area contributed by atoms with Crippen LogP contribution in [-0.4, -0.2) is 36.2 Å². The highest BCUT2D eigenvalue weighted by Crippen LogP contribution is 2.22. The third kappa shape index (κ3) is 2.82. The van der Waals surface area contributed by atoms with Crippen LogP contribution < -0.4 is 15.9 Å². The van der Waals surface area contributed by atoms with E-state index in [9.17, 15) is 9.59 Å². The van der Waals surface area contributed by atoms with E-state index in [2.05, 4.69) is 15.2 Å². The monoisotopic (exact) mass is 414 g/mol. The van der Waals surface area contributed by atoms with Gasteiger partial charge >= 0.3 is 0 Å². The van der Waals surface area contributed by atoms with E-state index in [-0.39, 0.29) is 11.1 Å². The third-order valence-electron chi connectivity index (χ3n) is 5.24. The van der Waals surface area contributed by atoms with Gasteiger partial charge in [-0.3, -0.25) is 14.2 Å². The van der Waals surface area contributed by atoms with Gasteiger partial charge in [-0.05, 0) is 44.2 Å². The molecule has 0 N–H and O–H groups in total. The Morgan fingerprint density at radius 2 is 1.48 bits per heavy atom. The second-order valence-electron chi connectivity index (χ2n) is 7.09. The van der Waals surface area contributed by atoms with E-state index in [1.54, 1.807) is 68.4 Å². The van der Waals surface area contributed by atoms with Crippen molar-refractivity contribution in [3.63, 3.8) is 0 Å². The van der Waals surface area contributed by atoms with Gasteiger partial charge in [-0.25, -0.2) is 14.3 Å². The molecule has 1 aromatic carbocycles. The van der Waals surface area contributed by atoms with Crippen molar-refractivity contribution in [1.82, 2.24) is 29.1 Å². The fourth-order valence-electron chi connectivity index (χ4n) is 3.77. The van der Waals surface area contributed by atoms with Crippen LogP contribution in [0.25, 0.3) is 27.5 Å². The van der Waals surface area contributed by atoms with Gasteiger partial charge in [0.05, 0.1) is 34.6 Å². The number of pyridine rings is 3. The summed E-state index contributed by atoms with van der Waals surface area (Å²) in [7, 11) is 1.55. The van der Waals surface area contributed by atoms with Crippen molar-refractivity contribution >= 4 is 21.8 Å². The Labute approximate surface area is 175 Å². The molecule has 0 aliphatic carbocycles. The second-order valence-corrected chi connectivity index (χ2v) is 7.09. The van der Waals surface area contributed by atoms with Crippen molar-refractivity contribution < 1.29 is 4.74 Å². The SMILES string of the molecule is COc1ccccc1-n1ccc2nc3ccn(-n4c(C)nnc4C)c(=O)c3cc2c1=O. The van der Waals surface area contributed by atoms with Crippen LogP contribution in [0.5, 0.6) is 5.75 Å². The summed E-state index contributed by atoms with van der Waals surface area (Å²) >= 11 is 0. The van der Waals surface area contributed by atoms with Crippen LogP contribution in [0.3, 0.4) is 0 Å². The highest BCUT2D eigenvalue weighted by Gasteiger charge is 2.14. The molecule has 0 aliphatic rings. The summed E-state index contributed by atoms with van der Waals surface area (Å²) in [6, 6.07) is 12.3. The standard InChI is InChI=1S/C22H18N6O3/c1-13-24-25-14(2)28(13)27-11-9-18-16(22(27)30)12-15-17(23-18)8-10-26(21(15)29)19-6-4-5-7-20(19)31-3/h4-12H,1-3H3. The lowest BCUT2D eigenvalue weighted by Gasteiger charge is -2.12. The summed E-state index contributed by atoms with van der Waals surface area (Å²) in [4.78, 5) is 31.1. The number of rotatable bonds is 3. The highest BCUT2D eigenvalue weighted by molar-refractivity contribution is 5.91. The molecule has 0 amide bonds. The van der Waals surface area contributed by atoms with E-state index in [4.69, 9.17) is 4.74 Å². The second kappa shape index (κ2) is 6.91. The van der Waals surface area contributed by atoms with Gasteiger partial charge in [0.1, 0.15) is 17.4 Å². The molecular formula is C22H18N6O3. The molecule has 0 atom stereocenters. The van der Waals surface area contributed by atoms with Gasteiger partial charge in [0.2, 0.25) is 0 Å². The van der Waals surface area contributed by atoms with Crippen LogP contribution >= 0.6 is 0 Å². The Balaban J connectivity index is 1.80. The highest BCUT2D eigenvalue weighted by atomic mass is 16.5. The fourth-order valence-corrected chi connectivity index (χ4v) is 3.77. The topological polar surface area (TPSA) is 96.8 Å². The van der Waals surface area contributed by atoms with Crippen LogP contribution in [0.1, 0.15) is 11.6 Å². The first-order valence-corrected chi connectivity index (χ1v) is 9.60. The first-order valence-electron chi connectivity index (χ1n) is 9.60. The van der Waals surface area contributed by atoms with Gasteiger partial charge in [0.25, 0.3) is 11.1 Å². The maximum Gasteiger partial charge on any atom is 0.279 e. The molecule has 0 bridgehead atoms. The van der Waals surface area contributed by atoms with Gasteiger partial charge in [-0.2, -0.15) is 0 Å². The van der Waals surface area contributed by atoms with Gasteiger partial charge in [0, 0.05) is 12.4 Å². The summed E-state index contributed by atoms with van der Waals surface area (Å²) in [6.45, 7) is 3.53. The van der Waals surface area contributed by atoms with Crippen molar-refractivity contribution in [1.29, 1.82) is 0 Å². The summed E-state index contributed by atoms with van der Waals surface area (Å²) in [6.07, 6.45) is 3.29. The molecule has 0 radical (unpaired) electrons. The summed E-state index contributed by atoms with van der Waals surface area (Å²) in [5.41, 5.74) is 1.02. The number of hydrogen-bond donors (Lipinski definition) is 0. The molecule has 0 aliphatic heterocycles. The van der Waals surface area contributed by atoms with E-state index in [1.807, 2.05) is 12.1 Å². The van der Waals surface area contributed by atoms with E-state index < -0.39 is 0 Å². The summed E-state index contributed by atoms with van der Waals surface area (Å²) < 4.78 is 9.92. The number of benzene rings is 1. The molecule has 9 heteroatoms. The largest absolute Gasteiger partial charge is 0.495 e. The first kappa shape index (κ1) is 18.7. The summed E-state index contributed by atoms with van der Waals surface area (Å²) in [5.74, 6) is 1.72. The quantitative estimate of drug-likeness (QED) is 0.420. The van der Waals surface area contributed by atoms with E-state index >= 15 is 0 Å². The predicted molar refractivity (Wildman–Crippen MR) is 116 cm³/mol. The van der Waals surface area contributed by atoms with Crippen LogP contribution in [0.15, 0.2) is 64.4 Å². The molecule has 0 spiro atoms.